The fraction of sp³-hybridized carbons (Fsp3) is 0.0556. The molecule has 26 heavy (non-hydrogen) atoms. The van der Waals surface area contributed by atoms with Gasteiger partial charge in [-0.25, -0.2) is 4.98 Å². The largest absolute Gasteiger partial charge is 0.457 e. The predicted molar refractivity (Wildman–Crippen MR) is 101 cm³/mol. The van der Waals surface area contributed by atoms with Crippen molar-refractivity contribution in [2.45, 2.75) is 0 Å². The minimum absolute atomic E-state index is 0.261. The number of pyridine rings is 1. The van der Waals surface area contributed by atoms with Crippen LogP contribution in [0.15, 0.2) is 53.4 Å². The van der Waals surface area contributed by atoms with Crippen molar-refractivity contribution in [2.24, 2.45) is 0 Å². The average molecular weight is 365 g/mol. The monoisotopic (exact) mass is 365 g/mol. The Hall–Kier alpha value is -3.39. The van der Waals surface area contributed by atoms with E-state index in [-0.39, 0.29) is 5.91 Å². The number of anilines is 2. The second kappa shape index (κ2) is 6.85. The zero-order chi connectivity index (χ0) is 17.9. The first-order valence-corrected chi connectivity index (χ1v) is 8.80. The van der Waals surface area contributed by atoms with E-state index < -0.39 is 0 Å². The molecule has 3 N–H and O–H groups in total. The van der Waals surface area contributed by atoms with Gasteiger partial charge in [0.25, 0.3) is 5.91 Å². The van der Waals surface area contributed by atoms with Crippen molar-refractivity contribution in [3.05, 3.63) is 59.0 Å². The van der Waals surface area contributed by atoms with Crippen LogP contribution in [0.2, 0.25) is 0 Å². The summed E-state index contributed by atoms with van der Waals surface area (Å²) in [5, 5.41) is 9.77. The van der Waals surface area contributed by atoms with Crippen LogP contribution in [0.4, 0.5) is 11.6 Å². The van der Waals surface area contributed by atoms with E-state index in [2.05, 4.69) is 25.6 Å². The van der Waals surface area contributed by atoms with Gasteiger partial charge in [-0.15, -0.1) is 0 Å². The van der Waals surface area contributed by atoms with Gasteiger partial charge in [0.05, 0.1) is 16.7 Å². The summed E-state index contributed by atoms with van der Waals surface area (Å²) in [5.74, 6) is 1.58. The van der Waals surface area contributed by atoms with Gasteiger partial charge in [0.15, 0.2) is 0 Å². The Morgan fingerprint density at radius 2 is 2.08 bits per heavy atom. The number of nitrogens with one attached hydrogen (secondary N) is 3. The molecule has 1 amide bonds. The van der Waals surface area contributed by atoms with Crippen LogP contribution < -0.4 is 15.4 Å². The molecule has 0 fully saturated rings. The highest BCUT2D eigenvalue weighted by molar-refractivity contribution is 7.08. The minimum atomic E-state index is -0.261. The summed E-state index contributed by atoms with van der Waals surface area (Å²) in [6.45, 7) is 0. The molecule has 0 saturated heterocycles. The minimum Gasteiger partial charge on any atom is -0.457 e. The second-order valence-electron chi connectivity index (χ2n) is 5.46. The molecule has 1 aromatic carbocycles. The summed E-state index contributed by atoms with van der Waals surface area (Å²) in [4.78, 5) is 23.4. The fourth-order valence-corrected chi connectivity index (χ4v) is 3.03. The molecule has 0 aliphatic rings. The lowest BCUT2D eigenvalue weighted by molar-refractivity contribution is 0.0958. The molecule has 0 bridgehead atoms. The number of amides is 1. The number of imidazole rings is 1. The van der Waals surface area contributed by atoms with Crippen LogP contribution in [0.25, 0.3) is 11.0 Å². The van der Waals surface area contributed by atoms with E-state index in [1.165, 1.54) is 6.20 Å². The lowest BCUT2D eigenvalue weighted by atomic mass is 10.3. The Labute approximate surface area is 153 Å². The molecule has 0 radical (unpaired) electrons. The van der Waals surface area contributed by atoms with Crippen LogP contribution in [-0.2, 0) is 0 Å². The summed E-state index contributed by atoms with van der Waals surface area (Å²) in [7, 11) is 1.56. The summed E-state index contributed by atoms with van der Waals surface area (Å²) in [6, 6.07) is 10.9. The molecular weight excluding hydrogens is 350 g/mol. The molecule has 4 rings (SSSR count). The van der Waals surface area contributed by atoms with Crippen LogP contribution in [0.3, 0.4) is 0 Å². The van der Waals surface area contributed by atoms with Crippen LogP contribution in [-0.4, -0.2) is 27.9 Å². The predicted octanol–water partition coefficient (Wildman–Crippen LogP) is 3.91. The van der Waals surface area contributed by atoms with Crippen LogP contribution >= 0.6 is 11.3 Å². The Morgan fingerprint density at radius 1 is 1.19 bits per heavy atom. The van der Waals surface area contributed by atoms with E-state index in [4.69, 9.17) is 4.74 Å². The molecule has 0 atom stereocenters. The number of hydrogen-bond acceptors (Lipinski definition) is 6. The molecule has 130 valence electrons. The van der Waals surface area contributed by atoms with Gasteiger partial charge in [-0.3, -0.25) is 9.78 Å². The van der Waals surface area contributed by atoms with Crippen molar-refractivity contribution >= 4 is 39.9 Å². The van der Waals surface area contributed by atoms with Crippen molar-refractivity contribution in [3.63, 3.8) is 0 Å². The number of carbonyl (C=O) groups is 1. The number of fused-ring (bicyclic) bond motifs is 1. The maximum Gasteiger partial charge on any atom is 0.269 e. The number of nitrogens with zero attached hydrogens (tertiary/aromatic N) is 2. The molecular formula is C18H15N5O2S. The van der Waals surface area contributed by atoms with Gasteiger partial charge >= 0.3 is 0 Å². The molecule has 3 aromatic heterocycles. The van der Waals surface area contributed by atoms with E-state index in [0.29, 0.717) is 23.1 Å². The Balaban J connectivity index is 1.56. The molecule has 0 aliphatic heterocycles. The van der Waals surface area contributed by atoms with E-state index >= 15 is 0 Å². The van der Waals surface area contributed by atoms with Crippen molar-refractivity contribution in [1.29, 1.82) is 0 Å². The van der Waals surface area contributed by atoms with Crippen molar-refractivity contribution in [2.75, 3.05) is 12.4 Å². The third-order valence-electron chi connectivity index (χ3n) is 3.66. The van der Waals surface area contributed by atoms with E-state index in [0.717, 1.165) is 16.7 Å². The number of rotatable bonds is 5. The molecule has 7 nitrogen and oxygen atoms in total. The van der Waals surface area contributed by atoms with Gasteiger partial charge in [-0.1, -0.05) is 0 Å². The number of thiophene rings is 1. The normalized spacial score (nSPS) is 10.7. The number of H-pyrrole nitrogens is 1. The highest BCUT2D eigenvalue weighted by Crippen LogP contribution is 2.26. The van der Waals surface area contributed by atoms with Crippen LogP contribution in [0.1, 0.15) is 10.5 Å². The Kier molecular flexibility index (Phi) is 4.24. The maximum atomic E-state index is 11.7. The van der Waals surface area contributed by atoms with Crippen molar-refractivity contribution in [3.8, 4) is 11.5 Å². The van der Waals surface area contributed by atoms with Crippen LogP contribution in [0, 0.1) is 0 Å². The third-order valence-corrected chi connectivity index (χ3v) is 4.35. The Bertz CT molecular complexity index is 1060. The highest BCUT2D eigenvalue weighted by atomic mass is 32.1. The number of hydrogen-bond donors (Lipinski definition) is 3. The zero-order valence-corrected chi connectivity index (χ0v) is 14.6. The number of aromatic amines is 1. The molecule has 4 aromatic rings. The van der Waals surface area contributed by atoms with Gasteiger partial charge in [0.1, 0.15) is 17.2 Å². The number of ether oxygens (including phenoxy) is 1. The fourth-order valence-electron chi connectivity index (χ4n) is 2.45. The van der Waals surface area contributed by atoms with E-state index in [1.807, 2.05) is 35.0 Å². The molecule has 0 saturated carbocycles. The highest BCUT2D eigenvalue weighted by Gasteiger charge is 2.08. The molecule has 3 heterocycles. The summed E-state index contributed by atoms with van der Waals surface area (Å²) in [5.41, 5.74) is 2.97. The summed E-state index contributed by atoms with van der Waals surface area (Å²) < 4.78 is 5.85. The SMILES string of the molecule is CNC(=O)c1cc(Oc2ccc3nc(Nc4ccsc4)[nH]c3c2)ccn1. The van der Waals surface area contributed by atoms with Gasteiger partial charge in [-0.05, 0) is 29.6 Å². The molecule has 0 aliphatic carbocycles. The molecule has 8 heteroatoms. The average Bonchev–Trinajstić information content (AvgIpc) is 3.30. The zero-order valence-electron chi connectivity index (χ0n) is 13.8. The number of benzene rings is 1. The lowest BCUT2D eigenvalue weighted by Crippen LogP contribution is -2.18. The van der Waals surface area contributed by atoms with Gasteiger partial charge in [-0.2, -0.15) is 11.3 Å². The number of aromatic nitrogens is 3. The summed E-state index contributed by atoms with van der Waals surface area (Å²) >= 11 is 1.62. The first-order chi connectivity index (χ1) is 12.7. The van der Waals surface area contributed by atoms with Gasteiger partial charge in [0, 0.05) is 30.8 Å². The van der Waals surface area contributed by atoms with Gasteiger partial charge in [0.2, 0.25) is 5.95 Å². The van der Waals surface area contributed by atoms with E-state index in [9.17, 15) is 4.79 Å². The first-order valence-electron chi connectivity index (χ1n) is 7.86. The summed E-state index contributed by atoms with van der Waals surface area (Å²) in [6.07, 6.45) is 1.54. The van der Waals surface area contributed by atoms with Crippen LogP contribution in [0.5, 0.6) is 11.5 Å². The van der Waals surface area contributed by atoms with E-state index in [1.54, 1.807) is 30.5 Å². The smallest absolute Gasteiger partial charge is 0.269 e. The van der Waals surface area contributed by atoms with Crippen molar-refractivity contribution in [1.82, 2.24) is 20.3 Å². The quantitative estimate of drug-likeness (QED) is 0.499. The number of carbonyl (C=O) groups excluding carboxylic acids is 1. The molecule has 0 spiro atoms. The maximum absolute atomic E-state index is 11.7. The standard InChI is InChI=1S/C18H15N5O2S/c1-19-17(24)16-9-13(4-6-20-16)25-12-2-3-14-15(8-12)23-18(22-14)21-11-5-7-26-10-11/h2-10H,1H3,(H,19,24)(H2,21,22,23). The first kappa shape index (κ1) is 16.1. The second-order valence-corrected chi connectivity index (χ2v) is 6.24. The lowest BCUT2D eigenvalue weighted by Gasteiger charge is -2.06. The van der Waals surface area contributed by atoms with Crippen molar-refractivity contribution < 1.29 is 9.53 Å². The Morgan fingerprint density at radius 3 is 2.88 bits per heavy atom. The molecule has 0 unspecified atom stereocenters. The topological polar surface area (TPSA) is 91.9 Å². The van der Waals surface area contributed by atoms with Gasteiger partial charge < -0.3 is 20.4 Å². The third kappa shape index (κ3) is 3.35.